The van der Waals surface area contributed by atoms with Crippen LogP contribution < -0.4 is 5.32 Å². The van der Waals surface area contributed by atoms with Gasteiger partial charge < -0.3 is 5.32 Å². The summed E-state index contributed by atoms with van der Waals surface area (Å²) in [5.41, 5.74) is 3.38. The Morgan fingerprint density at radius 2 is 1.79 bits per heavy atom. The maximum atomic E-state index is 13.0. The smallest absolute Gasteiger partial charge is 0.270 e. The zero-order valence-corrected chi connectivity index (χ0v) is 16.7. The van der Waals surface area contributed by atoms with E-state index < -0.39 is 0 Å². The third-order valence-electron chi connectivity index (χ3n) is 4.34. The molecule has 0 saturated heterocycles. The minimum absolute atomic E-state index is 0.255. The van der Waals surface area contributed by atoms with Crippen molar-refractivity contribution in [3.05, 3.63) is 100 Å². The zero-order valence-electron chi connectivity index (χ0n) is 15.2. The van der Waals surface area contributed by atoms with Gasteiger partial charge in [0, 0.05) is 29.5 Å². The van der Waals surface area contributed by atoms with E-state index in [4.69, 9.17) is 23.2 Å². The van der Waals surface area contributed by atoms with Crippen LogP contribution >= 0.6 is 23.2 Å². The average Bonchev–Trinajstić information content (AvgIpc) is 3.19. The molecule has 5 nitrogen and oxygen atoms in total. The van der Waals surface area contributed by atoms with Gasteiger partial charge in [-0.25, -0.2) is 4.68 Å². The topological polar surface area (TPSA) is 59.8 Å². The molecule has 4 rings (SSSR count). The first-order valence-corrected chi connectivity index (χ1v) is 9.65. The van der Waals surface area contributed by atoms with E-state index in [-0.39, 0.29) is 5.91 Å². The molecule has 0 spiro atoms. The number of rotatable bonds is 5. The van der Waals surface area contributed by atoms with E-state index in [0.717, 1.165) is 16.8 Å². The predicted molar refractivity (Wildman–Crippen MR) is 114 cm³/mol. The largest absolute Gasteiger partial charge is 0.347 e. The lowest BCUT2D eigenvalue weighted by molar-refractivity contribution is 0.0943. The minimum atomic E-state index is -0.255. The number of aromatic nitrogens is 3. The van der Waals surface area contributed by atoms with Gasteiger partial charge in [0.05, 0.1) is 16.4 Å². The van der Waals surface area contributed by atoms with Gasteiger partial charge in [0.2, 0.25) is 0 Å². The third kappa shape index (κ3) is 4.31. The van der Waals surface area contributed by atoms with Crippen molar-refractivity contribution in [2.24, 2.45) is 0 Å². The molecule has 4 aromatic rings. The maximum Gasteiger partial charge on any atom is 0.270 e. The summed E-state index contributed by atoms with van der Waals surface area (Å²) in [5.74, 6) is -0.255. The molecule has 0 radical (unpaired) electrons. The average molecular weight is 423 g/mol. The highest BCUT2D eigenvalue weighted by atomic mass is 35.5. The summed E-state index contributed by atoms with van der Waals surface area (Å²) < 4.78 is 1.59. The van der Waals surface area contributed by atoms with Crippen molar-refractivity contribution < 1.29 is 4.79 Å². The fraction of sp³-hybridized carbons (Fsp3) is 0.0455. The number of pyridine rings is 1. The summed E-state index contributed by atoms with van der Waals surface area (Å²) >= 11 is 12.3. The van der Waals surface area contributed by atoms with Crippen molar-refractivity contribution in [3.63, 3.8) is 0 Å². The van der Waals surface area contributed by atoms with E-state index in [1.807, 2.05) is 42.5 Å². The van der Waals surface area contributed by atoms with Gasteiger partial charge in [-0.15, -0.1) is 0 Å². The van der Waals surface area contributed by atoms with Crippen molar-refractivity contribution in [1.29, 1.82) is 0 Å². The summed E-state index contributed by atoms with van der Waals surface area (Å²) in [6.07, 6.45) is 3.41. The number of nitrogens with zero attached hydrogens (tertiary/aromatic N) is 3. The van der Waals surface area contributed by atoms with Crippen LogP contribution in [0.3, 0.4) is 0 Å². The Morgan fingerprint density at radius 1 is 1.00 bits per heavy atom. The van der Waals surface area contributed by atoms with Crippen LogP contribution in [0, 0.1) is 0 Å². The molecular weight excluding hydrogens is 407 g/mol. The van der Waals surface area contributed by atoms with Crippen molar-refractivity contribution >= 4 is 29.1 Å². The van der Waals surface area contributed by atoms with Crippen LogP contribution in [-0.2, 0) is 6.54 Å². The predicted octanol–water partition coefficient (Wildman–Crippen LogP) is 5.17. The molecule has 0 saturated carbocycles. The van der Waals surface area contributed by atoms with Gasteiger partial charge in [-0.2, -0.15) is 5.10 Å². The van der Waals surface area contributed by atoms with Gasteiger partial charge >= 0.3 is 0 Å². The second-order valence-electron chi connectivity index (χ2n) is 6.33. The Balaban J connectivity index is 1.71. The van der Waals surface area contributed by atoms with E-state index in [2.05, 4.69) is 15.4 Å². The van der Waals surface area contributed by atoms with Crippen LogP contribution in [0.1, 0.15) is 16.1 Å². The highest BCUT2D eigenvalue weighted by Crippen LogP contribution is 2.28. The maximum absolute atomic E-state index is 13.0. The van der Waals surface area contributed by atoms with Gasteiger partial charge in [-0.1, -0.05) is 47.5 Å². The Morgan fingerprint density at radius 3 is 2.52 bits per heavy atom. The van der Waals surface area contributed by atoms with E-state index >= 15 is 0 Å². The number of hydrogen-bond donors (Lipinski definition) is 1. The monoisotopic (exact) mass is 422 g/mol. The normalized spacial score (nSPS) is 10.7. The molecule has 2 aromatic carbocycles. The molecule has 7 heteroatoms. The molecule has 0 aliphatic heterocycles. The van der Waals surface area contributed by atoms with Crippen molar-refractivity contribution in [1.82, 2.24) is 20.1 Å². The summed E-state index contributed by atoms with van der Waals surface area (Å²) in [6, 6.07) is 20.0. The van der Waals surface area contributed by atoms with E-state index in [1.165, 1.54) is 0 Å². The second-order valence-corrected chi connectivity index (χ2v) is 7.17. The number of halogens is 2. The van der Waals surface area contributed by atoms with Crippen LogP contribution in [0.4, 0.5) is 0 Å². The van der Waals surface area contributed by atoms with E-state index in [9.17, 15) is 4.79 Å². The number of carbonyl (C=O) groups excluding carboxylic acids is 1. The SMILES string of the molecule is O=C(NCc1cccnc1)c1cc(-c2ccccc2Cl)nn1-c1ccc(Cl)cc1. The van der Waals surface area contributed by atoms with Crippen LogP contribution in [0.15, 0.2) is 79.1 Å². The molecule has 29 heavy (non-hydrogen) atoms. The lowest BCUT2D eigenvalue weighted by atomic mass is 10.1. The zero-order chi connectivity index (χ0) is 20.2. The van der Waals surface area contributed by atoms with Crippen LogP contribution in [0.2, 0.25) is 10.0 Å². The summed E-state index contributed by atoms with van der Waals surface area (Å²) in [7, 11) is 0. The molecule has 144 valence electrons. The molecule has 1 amide bonds. The summed E-state index contributed by atoms with van der Waals surface area (Å²) in [4.78, 5) is 17.0. The molecule has 2 heterocycles. The fourth-order valence-corrected chi connectivity index (χ4v) is 3.26. The Kier molecular flexibility index (Phi) is 5.60. The first kappa shape index (κ1) is 19.2. The lowest BCUT2D eigenvalue weighted by Gasteiger charge is -2.08. The summed E-state index contributed by atoms with van der Waals surface area (Å²) in [5, 5.41) is 8.72. The summed E-state index contributed by atoms with van der Waals surface area (Å²) in [6.45, 7) is 0.361. The number of carbonyl (C=O) groups is 1. The molecule has 0 aliphatic carbocycles. The highest BCUT2D eigenvalue weighted by molar-refractivity contribution is 6.33. The van der Waals surface area contributed by atoms with Crippen LogP contribution in [-0.4, -0.2) is 20.7 Å². The third-order valence-corrected chi connectivity index (χ3v) is 4.92. The van der Waals surface area contributed by atoms with Gasteiger partial charge in [0.15, 0.2) is 0 Å². The standard InChI is InChI=1S/C22H16Cl2N4O/c23-16-7-9-17(10-8-16)28-21(22(29)26-14-15-4-3-11-25-13-15)12-20(27-28)18-5-1-2-6-19(18)24/h1-13H,14H2,(H,26,29). The van der Waals surface area contributed by atoms with E-state index in [0.29, 0.717) is 28.0 Å². The first-order chi connectivity index (χ1) is 14.1. The molecule has 1 N–H and O–H groups in total. The molecule has 0 atom stereocenters. The molecular formula is C22H16Cl2N4O. The quantitative estimate of drug-likeness (QED) is 0.482. The van der Waals surface area contributed by atoms with Gasteiger partial charge in [-0.05, 0) is 48.0 Å². The van der Waals surface area contributed by atoms with Crippen molar-refractivity contribution in [2.45, 2.75) is 6.54 Å². The minimum Gasteiger partial charge on any atom is -0.347 e. The van der Waals surface area contributed by atoms with Crippen LogP contribution in [0.5, 0.6) is 0 Å². The molecule has 2 aromatic heterocycles. The fourth-order valence-electron chi connectivity index (χ4n) is 2.90. The van der Waals surface area contributed by atoms with Crippen molar-refractivity contribution in [3.8, 4) is 16.9 Å². The van der Waals surface area contributed by atoms with E-state index in [1.54, 1.807) is 41.3 Å². The highest BCUT2D eigenvalue weighted by Gasteiger charge is 2.18. The number of hydrogen-bond acceptors (Lipinski definition) is 3. The van der Waals surface area contributed by atoms with Crippen molar-refractivity contribution in [2.75, 3.05) is 0 Å². The lowest BCUT2D eigenvalue weighted by Crippen LogP contribution is -2.25. The van der Waals surface area contributed by atoms with Crippen LogP contribution in [0.25, 0.3) is 16.9 Å². The van der Waals surface area contributed by atoms with Gasteiger partial charge in [0.25, 0.3) is 5.91 Å². The van der Waals surface area contributed by atoms with Gasteiger partial charge in [0.1, 0.15) is 5.69 Å². The first-order valence-electron chi connectivity index (χ1n) is 8.90. The number of nitrogens with one attached hydrogen (secondary N) is 1. The number of benzene rings is 2. The number of amides is 1. The molecule has 0 unspecified atom stereocenters. The Bertz CT molecular complexity index is 1140. The second kappa shape index (κ2) is 8.47. The molecule has 0 bridgehead atoms. The molecule has 0 aliphatic rings. The Labute approximate surface area is 177 Å². The Hall–Kier alpha value is -3.15. The molecule has 0 fully saturated rings. The van der Waals surface area contributed by atoms with Gasteiger partial charge in [-0.3, -0.25) is 9.78 Å².